The highest BCUT2D eigenvalue weighted by Crippen LogP contribution is 2.31. The van der Waals surface area contributed by atoms with Gasteiger partial charge in [-0.05, 0) is 37.7 Å². The van der Waals surface area contributed by atoms with Gasteiger partial charge in [0.05, 0.1) is 12.1 Å². The molecule has 1 atom stereocenters. The second kappa shape index (κ2) is 8.68. The topological polar surface area (TPSA) is 87.7 Å². The molecule has 2 rings (SSSR count). The quantitative estimate of drug-likeness (QED) is 0.647. The Labute approximate surface area is 142 Å². The summed E-state index contributed by atoms with van der Waals surface area (Å²) in [4.78, 5) is 23.2. The van der Waals surface area contributed by atoms with E-state index in [-0.39, 0.29) is 24.0 Å². The summed E-state index contributed by atoms with van der Waals surface area (Å²) in [5.74, 6) is -0.856. The molecule has 0 spiro atoms. The fourth-order valence-electron chi connectivity index (χ4n) is 3.07. The van der Waals surface area contributed by atoms with E-state index in [1.807, 2.05) is 30.3 Å². The van der Waals surface area contributed by atoms with Gasteiger partial charge in [0.2, 0.25) is 0 Å². The largest absolute Gasteiger partial charge is 0.481 e. The summed E-state index contributed by atoms with van der Waals surface area (Å²) in [5.41, 5.74) is 0.798. The summed E-state index contributed by atoms with van der Waals surface area (Å²) in [6, 6.07) is 9.29. The van der Waals surface area contributed by atoms with Crippen molar-refractivity contribution in [2.45, 2.75) is 50.1 Å². The predicted octanol–water partition coefficient (Wildman–Crippen LogP) is 2.33. The van der Waals surface area contributed by atoms with Crippen molar-refractivity contribution in [1.82, 2.24) is 10.6 Å². The number of carbonyl (C=O) groups is 2. The minimum atomic E-state index is -0.856. The Balaban J connectivity index is 1.93. The molecule has 1 aromatic carbocycles. The maximum atomic E-state index is 12.3. The minimum absolute atomic E-state index is 0.0288. The average Bonchev–Trinajstić information content (AvgIpc) is 2.51. The molecule has 0 saturated heterocycles. The van der Waals surface area contributed by atoms with Gasteiger partial charge in [0.1, 0.15) is 0 Å². The van der Waals surface area contributed by atoms with Crippen LogP contribution in [0.3, 0.4) is 0 Å². The first-order valence-electron chi connectivity index (χ1n) is 8.36. The summed E-state index contributed by atoms with van der Waals surface area (Å²) in [6.07, 6.45) is 3.93. The standard InChI is InChI=1S/C18H26N2O4/c1-24-13-18(10-5-11-18)20-17(23)19-15(8-9-16(21)22)12-14-6-3-2-4-7-14/h2-4,6-7,15H,5,8-13H2,1H3,(H,21,22)(H2,19,20,23). The van der Waals surface area contributed by atoms with Crippen molar-refractivity contribution in [3.63, 3.8) is 0 Å². The molecule has 132 valence electrons. The van der Waals surface area contributed by atoms with E-state index in [0.29, 0.717) is 19.4 Å². The molecule has 6 heteroatoms. The fourth-order valence-corrected chi connectivity index (χ4v) is 3.07. The maximum absolute atomic E-state index is 12.3. The molecule has 0 aromatic heterocycles. The lowest BCUT2D eigenvalue weighted by atomic mass is 9.77. The molecule has 3 N–H and O–H groups in total. The van der Waals surface area contributed by atoms with Crippen LogP contribution in [0, 0.1) is 0 Å². The number of urea groups is 1. The molecular weight excluding hydrogens is 308 g/mol. The molecular formula is C18H26N2O4. The van der Waals surface area contributed by atoms with Gasteiger partial charge in [-0.25, -0.2) is 4.79 Å². The number of rotatable bonds is 9. The van der Waals surface area contributed by atoms with Gasteiger partial charge >= 0.3 is 12.0 Å². The zero-order chi connectivity index (χ0) is 17.4. The number of benzene rings is 1. The van der Waals surface area contributed by atoms with Crippen LogP contribution in [0.1, 0.15) is 37.7 Å². The van der Waals surface area contributed by atoms with Crippen LogP contribution >= 0.6 is 0 Å². The molecule has 6 nitrogen and oxygen atoms in total. The van der Waals surface area contributed by atoms with E-state index in [4.69, 9.17) is 9.84 Å². The zero-order valence-electron chi connectivity index (χ0n) is 14.1. The molecule has 0 radical (unpaired) electrons. The van der Waals surface area contributed by atoms with Gasteiger partial charge in [0, 0.05) is 19.6 Å². The van der Waals surface area contributed by atoms with E-state index in [1.165, 1.54) is 0 Å². The van der Waals surface area contributed by atoms with Crippen molar-refractivity contribution in [3.8, 4) is 0 Å². The van der Waals surface area contributed by atoms with Crippen LogP contribution in [0.2, 0.25) is 0 Å². The number of hydrogen-bond acceptors (Lipinski definition) is 3. The number of hydrogen-bond donors (Lipinski definition) is 3. The van der Waals surface area contributed by atoms with Crippen LogP contribution in [-0.4, -0.2) is 42.4 Å². The molecule has 2 amide bonds. The van der Waals surface area contributed by atoms with Crippen LogP contribution in [0.25, 0.3) is 0 Å². The first kappa shape index (κ1) is 18.3. The average molecular weight is 334 g/mol. The first-order chi connectivity index (χ1) is 11.5. The van der Waals surface area contributed by atoms with Crippen LogP contribution < -0.4 is 10.6 Å². The number of carboxylic acid groups (broad SMARTS) is 1. The molecule has 0 heterocycles. The van der Waals surface area contributed by atoms with Crippen LogP contribution in [0.5, 0.6) is 0 Å². The van der Waals surface area contributed by atoms with Crippen molar-refractivity contribution in [1.29, 1.82) is 0 Å². The first-order valence-corrected chi connectivity index (χ1v) is 8.36. The third kappa shape index (κ3) is 5.53. The molecule has 1 unspecified atom stereocenters. The highest BCUT2D eigenvalue weighted by molar-refractivity contribution is 5.75. The second-order valence-electron chi connectivity index (χ2n) is 6.48. The van der Waals surface area contributed by atoms with Gasteiger partial charge in [0.15, 0.2) is 0 Å². The van der Waals surface area contributed by atoms with Crippen molar-refractivity contribution >= 4 is 12.0 Å². The normalized spacial score (nSPS) is 16.7. The van der Waals surface area contributed by atoms with Crippen LogP contribution in [-0.2, 0) is 16.0 Å². The number of nitrogens with one attached hydrogen (secondary N) is 2. The van der Waals surface area contributed by atoms with E-state index in [2.05, 4.69) is 10.6 Å². The number of carboxylic acids is 1. The fraction of sp³-hybridized carbons (Fsp3) is 0.556. The highest BCUT2D eigenvalue weighted by Gasteiger charge is 2.38. The third-order valence-electron chi connectivity index (χ3n) is 4.48. The molecule has 1 saturated carbocycles. The van der Waals surface area contributed by atoms with Crippen molar-refractivity contribution in [2.75, 3.05) is 13.7 Å². The Morgan fingerprint density at radius 3 is 2.54 bits per heavy atom. The van der Waals surface area contributed by atoms with E-state index < -0.39 is 5.97 Å². The SMILES string of the molecule is COCC1(NC(=O)NC(CCC(=O)O)Cc2ccccc2)CCC1. The van der Waals surface area contributed by atoms with E-state index in [9.17, 15) is 9.59 Å². The Bertz CT molecular complexity index is 543. The smallest absolute Gasteiger partial charge is 0.315 e. The second-order valence-corrected chi connectivity index (χ2v) is 6.48. The van der Waals surface area contributed by atoms with Crippen LogP contribution in [0.4, 0.5) is 4.79 Å². The number of carbonyl (C=O) groups excluding carboxylic acids is 1. The predicted molar refractivity (Wildman–Crippen MR) is 90.9 cm³/mol. The van der Waals surface area contributed by atoms with Gasteiger partial charge in [0.25, 0.3) is 0 Å². The van der Waals surface area contributed by atoms with Gasteiger partial charge in [-0.2, -0.15) is 0 Å². The van der Waals surface area contributed by atoms with E-state index >= 15 is 0 Å². The number of amides is 2. The van der Waals surface area contributed by atoms with Gasteiger partial charge in [-0.1, -0.05) is 30.3 Å². The molecule has 0 bridgehead atoms. The third-order valence-corrected chi connectivity index (χ3v) is 4.48. The highest BCUT2D eigenvalue weighted by atomic mass is 16.5. The van der Waals surface area contributed by atoms with Gasteiger partial charge in [-0.15, -0.1) is 0 Å². The minimum Gasteiger partial charge on any atom is -0.481 e. The lowest BCUT2D eigenvalue weighted by Crippen LogP contribution is -2.60. The summed E-state index contributed by atoms with van der Waals surface area (Å²) in [6.45, 7) is 0.499. The Morgan fingerprint density at radius 1 is 1.29 bits per heavy atom. The summed E-state index contributed by atoms with van der Waals surface area (Å²) >= 11 is 0. The summed E-state index contributed by atoms with van der Waals surface area (Å²) < 4.78 is 5.21. The van der Waals surface area contributed by atoms with Gasteiger partial charge < -0.3 is 20.5 Å². The molecule has 0 aliphatic heterocycles. The Morgan fingerprint density at radius 2 is 2.00 bits per heavy atom. The number of methoxy groups -OCH3 is 1. The lowest BCUT2D eigenvalue weighted by molar-refractivity contribution is -0.137. The molecule has 1 aromatic rings. The number of aliphatic carboxylic acids is 1. The Hall–Kier alpha value is -2.08. The van der Waals surface area contributed by atoms with E-state index in [1.54, 1.807) is 7.11 Å². The maximum Gasteiger partial charge on any atom is 0.315 e. The van der Waals surface area contributed by atoms with Crippen molar-refractivity contribution in [2.24, 2.45) is 0 Å². The zero-order valence-corrected chi connectivity index (χ0v) is 14.1. The molecule has 1 fully saturated rings. The molecule has 24 heavy (non-hydrogen) atoms. The lowest BCUT2D eigenvalue weighted by Gasteiger charge is -2.42. The van der Waals surface area contributed by atoms with Crippen molar-refractivity contribution < 1.29 is 19.4 Å². The van der Waals surface area contributed by atoms with Gasteiger partial charge in [-0.3, -0.25) is 4.79 Å². The number of ether oxygens (including phenoxy) is 1. The molecule has 1 aliphatic rings. The van der Waals surface area contributed by atoms with E-state index in [0.717, 1.165) is 24.8 Å². The Kier molecular flexibility index (Phi) is 6.61. The van der Waals surface area contributed by atoms with Crippen LogP contribution in [0.15, 0.2) is 30.3 Å². The monoisotopic (exact) mass is 334 g/mol. The van der Waals surface area contributed by atoms with Crippen molar-refractivity contribution in [3.05, 3.63) is 35.9 Å². The molecule has 1 aliphatic carbocycles. The summed E-state index contributed by atoms with van der Waals surface area (Å²) in [7, 11) is 1.63. The summed E-state index contributed by atoms with van der Waals surface area (Å²) in [5, 5.41) is 14.9.